The maximum atomic E-state index is 12.5. The number of piperidine rings is 1. The van der Waals surface area contributed by atoms with E-state index in [1.807, 2.05) is 0 Å². The van der Waals surface area contributed by atoms with Crippen molar-refractivity contribution in [3.05, 3.63) is 24.3 Å². The van der Waals surface area contributed by atoms with E-state index in [9.17, 15) is 21.6 Å². The molecule has 2 aliphatic rings. The molecule has 0 bridgehead atoms. The quantitative estimate of drug-likeness (QED) is 0.506. The molecule has 1 aromatic rings. The summed E-state index contributed by atoms with van der Waals surface area (Å²) < 4.78 is 59.1. The second kappa shape index (κ2) is 10.5. The fourth-order valence-corrected chi connectivity index (χ4v) is 6.50. The van der Waals surface area contributed by atoms with Gasteiger partial charge in [0.1, 0.15) is 12.4 Å². The fourth-order valence-electron chi connectivity index (χ4n) is 3.85. The Morgan fingerprint density at radius 1 is 1.00 bits per heavy atom. The Hall–Kier alpha value is -1.73. The molecule has 2 fully saturated rings. The minimum Gasteiger partial charge on any atom is -0.492 e. The van der Waals surface area contributed by atoms with Crippen molar-refractivity contribution in [2.24, 2.45) is 5.92 Å². The van der Waals surface area contributed by atoms with E-state index >= 15 is 0 Å². The molecule has 32 heavy (non-hydrogen) atoms. The zero-order valence-electron chi connectivity index (χ0n) is 18.6. The van der Waals surface area contributed by atoms with E-state index in [2.05, 4.69) is 5.32 Å². The fraction of sp³-hybridized carbons (Fsp3) is 0.650. The van der Waals surface area contributed by atoms with Gasteiger partial charge in [-0.3, -0.25) is 4.79 Å². The molecule has 12 heteroatoms. The number of nitrogens with one attached hydrogen (secondary N) is 1. The van der Waals surface area contributed by atoms with Gasteiger partial charge < -0.3 is 10.1 Å². The van der Waals surface area contributed by atoms with Crippen LogP contribution in [0, 0.1) is 5.92 Å². The number of ether oxygens (including phenoxy) is 1. The minimum atomic E-state index is -3.45. The number of amides is 1. The van der Waals surface area contributed by atoms with Crippen molar-refractivity contribution < 1.29 is 26.4 Å². The third-order valence-corrected chi connectivity index (χ3v) is 9.66. The molecule has 0 atom stereocenters. The van der Waals surface area contributed by atoms with E-state index in [4.69, 9.17) is 4.74 Å². The highest BCUT2D eigenvalue weighted by molar-refractivity contribution is 7.89. The molecule has 0 radical (unpaired) electrons. The Balaban J connectivity index is 1.39. The number of sulfonamides is 1. The number of carbonyl (C=O) groups is 1. The zero-order valence-corrected chi connectivity index (χ0v) is 20.2. The highest BCUT2D eigenvalue weighted by Gasteiger charge is 2.32. The second-order valence-corrected chi connectivity index (χ2v) is 12.3. The number of rotatable bonds is 9. The predicted molar refractivity (Wildman–Crippen MR) is 120 cm³/mol. The monoisotopic (exact) mass is 488 g/mol. The Bertz CT molecular complexity index is 981. The molecule has 0 aromatic heterocycles. The van der Waals surface area contributed by atoms with Gasteiger partial charge in [0.15, 0.2) is 0 Å². The van der Waals surface area contributed by atoms with Gasteiger partial charge in [0.05, 0.1) is 11.4 Å². The van der Waals surface area contributed by atoms with Gasteiger partial charge in [-0.1, -0.05) is 0 Å². The average molecular weight is 489 g/mol. The van der Waals surface area contributed by atoms with Crippen LogP contribution in [0.2, 0.25) is 0 Å². The Labute approximate surface area is 190 Å². The van der Waals surface area contributed by atoms with Crippen molar-refractivity contribution in [3.8, 4) is 5.75 Å². The highest BCUT2D eigenvalue weighted by atomic mass is 32.2. The molecule has 2 heterocycles. The van der Waals surface area contributed by atoms with E-state index in [1.165, 1.54) is 39.1 Å². The minimum absolute atomic E-state index is 0.109. The predicted octanol–water partition coefficient (Wildman–Crippen LogP) is 0.485. The molecular weight excluding hydrogens is 456 g/mol. The number of benzene rings is 1. The molecule has 0 aliphatic carbocycles. The van der Waals surface area contributed by atoms with Gasteiger partial charge in [0, 0.05) is 46.2 Å². The van der Waals surface area contributed by atoms with Gasteiger partial charge in [-0.2, -0.15) is 21.3 Å². The summed E-state index contributed by atoms with van der Waals surface area (Å²) in [5.74, 6) is 0.197. The second-order valence-electron chi connectivity index (χ2n) is 8.19. The first-order valence-electron chi connectivity index (χ1n) is 10.8. The number of carbonyl (C=O) groups excluding carboxylic acids is 1. The third-order valence-electron chi connectivity index (χ3n) is 5.81. The van der Waals surface area contributed by atoms with E-state index in [-0.39, 0.29) is 23.3 Å². The van der Waals surface area contributed by atoms with E-state index < -0.39 is 20.2 Å². The molecular formula is C20H32N4O6S2. The summed E-state index contributed by atoms with van der Waals surface area (Å²) in [6.45, 7) is 2.32. The van der Waals surface area contributed by atoms with Crippen LogP contribution in [-0.2, 0) is 25.0 Å². The molecule has 2 aliphatic heterocycles. The van der Waals surface area contributed by atoms with Crippen LogP contribution in [0.5, 0.6) is 5.75 Å². The zero-order chi connectivity index (χ0) is 23.4. The van der Waals surface area contributed by atoms with Crippen molar-refractivity contribution in [1.29, 1.82) is 0 Å². The number of hydrogen-bond donors (Lipinski definition) is 1. The molecule has 180 valence electrons. The SMILES string of the molecule is CN(C)S(=O)(=O)N1CCC(C(=O)NCCOc2ccc(S(=O)(=O)N3CCCC3)cc2)CC1. The van der Waals surface area contributed by atoms with Gasteiger partial charge in [0.2, 0.25) is 15.9 Å². The van der Waals surface area contributed by atoms with Gasteiger partial charge in [-0.25, -0.2) is 8.42 Å². The molecule has 10 nitrogen and oxygen atoms in total. The van der Waals surface area contributed by atoms with E-state index in [0.29, 0.717) is 51.3 Å². The van der Waals surface area contributed by atoms with Gasteiger partial charge in [-0.05, 0) is 49.9 Å². The first-order chi connectivity index (χ1) is 15.1. The lowest BCUT2D eigenvalue weighted by Gasteiger charge is -2.32. The van der Waals surface area contributed by atoms with Crippen molar-refractivity contribution in [1.82, 2.24) is 18.2 Å². The topological polar surface area (TPSA) is 116 Å². The van der Waals surface area contributed by atoms with E-state index in [0.717, 1.165) is 12.8 Å². The van der Waals surface area contributed by atoms with Crippen LogP contribution in [0.1, 0.15) is 25.7 Å². The Morgan fingerprint density at radius 3 is 2.16 bits per heavy atom. The summed E-state index contributed by atoms with van der Waals surface area (Å²) in [5.41, 5.74) is 0. The van der Waals surface area contributed by atoms with Crippen LogP contribution < -0.4 is 10.1 Å². The van der Waals surface area contributed by atoms with Crippen LogP contribution in [0.4, 0.5) is 0 Å². The van der Waals surface area contributed by atoms with Crippen LogP contribution >= 0.6 is 0 Å². The molecule has 0 saturated carbocycles. The van der Waals surface area contributed by atoms with Crippen molar-refractivity contribution >= 4 is 26.1 Å². The summed E-state index contributed by atoms with van der Waals surface area (Å²) in [4.78, 5) is 12.6. The first-order valence-corrected chi connectivity index (χ1v) is 13.6. The Morgan fingerprint density at radius 2 is 1.59 bits per heavy atom. The van der Waals surface area contributed by atoms with Crippen LogP contribution in [0.15, 0.2) is 29.2 Å². The lowest BCUT2D eigenvalue weighted by atomic mass is 9.97. The summed E-state index contributed by atoms with van der Waals surface area (Å²) in [6, 6.07) is 6.31. The molecule has 2 saturated heterocycles. The average Bonchev–Trinajstić information content (AvgIpc) is 3.33. The standard InChI is InChI=1S/C20H32N4O6S2/c1-22(2)32(28,29)24-14-9-17(10-15-24)20(25)21-11-16-30-18-5-7-19(8-6-18)31(26,27)23-12-3-4-13-23/h5-8,17H,3-4,9-16H2,1-2H3,(H,21,25). The van der Waals surface area contributed by atoms with Gasteiger partial charge in [-0.15, -0.1) is 0 Å². The lowest BCUT2D eigenvalue weighted by Crippen LogP contribution is -2.47. The summed E-state index contributed by atoms with van der Waals surface area (Å²) >= 11 is 0. The van der Waals surface area contributed by atoms with Crippen LogP contribution in [-0.4, -0.2) is 89.1 Å². The third kappa shape index (κ3) is 5.79. The highest BCUT2D eigenvalue weighted by Crippen LogP contribution is 2.23. The lowest BCUT2D eigenvalue weighted by molar-refractivity contribution is -0.126. The molecule has 1 N–H and O–H groups in total. The van der Waals surface area contributed by atoms with Gasteiger partial charge in [0.25, 0.3) is 10.2 Å². The molecule has 1 amide bonds. The molecule has 0 unspecified atom stereocenters. The van der Waals surface area contributed by atoms with E-state index in [1.54, 1.807) is 12.1 Å². The molecule has 0 spiro atoms. The summed E-state index contributed by atoms with van der Waals surface area (Å²) in [7, 11) is -3.90. The Kier molecular flexibility index (Phi) is 8.15. The molecule has 3 rings (SSSR count). The van der Waals surface area contributed by atoms with Gasteiger partial charge >= 0.3 is 0 Å². The van der Waals surface area contributed by atoms with Crippen LogP contribution in [0.3, 0.4) is 0 Å². The summed E-state index contributed by atoms with van der Waals surface area (Å²) in [6.07, 6.45) is 2.74. The van der Waals surface area contributed by atoms with Crippen LogP contribution in [0.25, 0.3) is 0 Å². The maximum absolute atomic E-state index is 12.5. The van der Waals surface area contributed by atoms with Crippen molar-refractivity contribution in [3.63, 3.8) is 0 Å². The summed E-state index contributed by atoms with van der Waals surface area (Å²) in [5, 5.41) is 2.83. The first kappa shape index (κ1) is 24.9. The number of hydrogen-bond acceptors (Lipinski definition) is 6. The van der Waals surface area contributed by atoms with Crippen molar-refractivity contribution in [2.45, 2.75) is 30.6 Å². The maximum Gasteiger partial charge on any atom is 0.281 e. The number of nitrogens with zero attached hydrogens (tertiary/aromatic N) is 3. The smallest absolute Gasteiger partial charge is 0.281 e. The van der Waals surface area contributed by atoms with Crippen molar-refractivity contribution in [2.75, 3.05) is 53.4 Å². The normalized spacial score (nSPS) is 19.3. The largest absolute Gasteiger partial charge is 0.492 e. The molecule has 1 aromatic carbocycles.